The van der Waals surface area contributed by atoms with Gasteiger partial charge in [0.15, 0.2) is 0 Å². The lowest BCUT2D eigenvalue weighted by atomic mass is 9.77. The van der Waals surface area contributed by atoms with E-state index < -0.39 is 0 Å². The van der Waals surface area contributed by atoms with Gasteiger partial charge in [-0.05, 0) is 30.6 Å². The highest BCUT2D eigenvalue weighted by molar-refractivity contribution is 5.92. The maximum atomic E-state index is 12.5. The number of nitrogens with zero attached hydrogens (tertiary/aromatic N) is 3. The Kier molecular flexibility index (Phi) is 3.97. The molecule has 0 bridgehead atoms. The van der Waals surface area contributed by atoms with Gasteiger partial charge in [-0.1, -0.05) is 20.8 Å². The van der Waals surface area contributed by atoms with Crippen LogP contribution in [-0.4, -0.2) is 33.4 Å². The number of imidazole rings is 1. The summed E-state index contributed by atoms with van der Waals surface area (Å²) in [5.41, 5.74) is 1.03. The van der Waals surface area contributed by atoms with Crippen LogP contribution in [0.2, 0.25) is 0 Å². The fourth-order valence-corrected chi connectivity index (χ4v) is 2.89. The van der Waals surface area contributed by atoms with Crippen LogP contribution in [0.25, 0.3) is 0 Å². The van der Waals surface area contributed by atoms with Gasteiger partial charge in [-0.3, -0.25) is 4.79 Å². The van der Waals surface area contributed by atoms with Crippen LogP contribution >= 0.6 is 0 Å². The SMILES string of the molecule is Cn1cncc1C(=O)N1CCCC(C(C)(C)C)CC1. The molecule has 0 aliphatic carbocycles. The molecule has 1 saturated heterocycles. The zero-order valence-corrected chi connectivity index (χ0v) is 12.5. The number of likely N-dealkylation sites (tertiary alicyclic amines) is 1. The van der Waals surface area contributed by atoms with E-state index in [9.17, 15) is 4.79 Å². The average molecular weight is 263 g/mol. The predicted octanol–water partition coefficient (Wildman–Crippen LogP) is 2.71. The Balaban J connectivity index is 2.04. The third-order valence-corrected chi connectivity index (χ3v) is 4.28. The monoisotopic (exact) mass is 263 g/mol. The van der Waals surface area contributed by atoms with Gasteiger partial charge in [0.25, 0.3) is 5.91 Å². The fourth-order valence-electron chi connectivity index (χ4n) is 2.89. The Morgan fingerprint density at radius 3 is 2.63 bits per heavy atom. The van der Waals surface area contributed by atoms with Crippen molar-refractivity contribution < 1.29 is 4.79 Å². The standard InChI is InChI=1S/C15H25N3O/c1-15(2,3)12-6-5-8-18(9-7-12)14(19)13-10-16-11-17(13)4/h10-12H,5-9H2,1-4H3. The first kappa shape index (κ1) is 14.1. The van der Waals surface area contributed by atoms with Crippen molar-refractivity contribution in [1.29, 1.82) is 0 Å². The average Bonchev–Trinajstić information content (AvgIpc) is 2.62. The maximum absolute atomic E-state index is 12.5. The molecular formula is C15H25N3O. The third-order valence-electron chi connectivity index (χ3n) is 4.28. The smallest absolute Gasteiger partial charge is 0.272 e. The molecule has 0 spiro atoms. The number of hydrogen-bond donors (Lipinski definition) is 0. The summed E-state index contributed by atoms with van der Waals surface area (Å²) in [6.07, 6.45) is 6.77. The molecule has 0 N–H and O–H groups in total. The van der Waals surface area contributed by atoms with Crippen LogP contribution in [-0.2, 0) is 7.05 Å². The third kappa shape index (κ3) is 3.17. The molecule has 0 saturated carbocycles. The molecule has 2 heterocycles. The second-order valence-corrected chi connectivity index (χ2v) is 6.68. The van der Waals surface area contributed by atoms with Gasteiger partial charge in [-0.15, -0.1) is 0 Å². The molecule has 4 heteroatoms. The normalized spacial score (nSPS) is 21.3. The van der Waals surface area contributed by atoms with Gasteiger partial charge < -0.3 is 9.47 Å². The van der Waals surface area contributed by atoms with Crippen LogP contribution in [0.5, 0.6) is 0 Å². The Morgan fingerprint density at radius 2 is 2.05 bits per heavy atom. The van der Waals surface area contributed by atoms with Gasteiger partial charge in [0.05, 0.1) is 12.5 Å². The molecule has 4 nitrogen and oxygen atoms in total. The summed E-state index contributed by atoms with van der Waals surface area (Å²) in [7, 11) is 1.87. The molecule has 1 fully saturated rings. The number of amides is 1. The molecule has 1 aromatic heterocycles. The first-order valence-corrected chi connectivity index (χ1v) is 7.15. The van der Waals surface area contributed by atoms with Crippen molar-refractivity contribution in [3.8, 4) is 0 Å². The Morgan fingerprint density at radius 1 is 1.32 bits per heavy atom. The van der Waals surface area contributed by atoms with E-state index >= 15 is 0 Å². The minimum Gasteiger partial charge on any atom is -0.337 e. The lowest BCUT2D eigenvalue weighted by Gasteiger charge is -2.29. The summed E-state index contributed by atoms with van der Waals surface area (Å²) in [6.45, 7) is 8.64. The van der Waals surface area contributed by atoms with E-state index in [-0.39, 0.29) is 5.91 Å². The number of hydrogen-bond acceptors (Lipinski definition) is 2. The van der Waals surface area contributed by atoms with Crippen molar-refractivity contribution >= 4 is 5.91 Å². The Labute approximate surface area is 115 Å². The van der Waals surface area contributed by atoms with Gasteiger partial charge in [0.2, 0.25) is 0 Å². The van der Waals surface area contributed by atoms with Crippen LogP contribution in [0.4, 0.5) is 0 Å². The highest BCUT2D eigenvalue weighted by atomic mass is 16.2. The second kappa shape index (κ2) is 5.35. The van der Waals surface area contributed by atoms with E-state index in [1.54, 1.807) is 17.1 Å². The molecule has 1 unspecified atom stereocenters. The van der Waals surface area contributed by atoms with Crippen LogP contribution in [0.15, 0.2) is 12.5 Å². The molecule has 0 aromatic carbocycles. The van der Waals surface area contributed by atoms with Crippen molar-refractivity contribution in [3.63, 3.8) is 0 Å². The highest BCUT2D eigenvalue weighted by Gasteiger charge is 2.29. The van der Waals surface area contributed by atoms with Crippen molar-refractivity contribution in [2.24, 2.45) is 18.4 Å². The molecule has 106 valence electrons. The molecule has 1 aliphatic heterocycles. The molecule has 2 rings (SSSR count). The predicted molar refractivity (Wildman–Crippen MR) is 75.9 cm³/mol. The van der Waals surface area contributed by atoms with E-state index in [4.69, 9.17) is 0 Å². The summed E-state index contributed by atoms with van der Waals surface area (Å²) in [5, 5.41) is 0. The zero-order chi connectivity index (χ0) is 14.0. The Bertz CT molecular complexity index is 444. The summed E-state index contributed by atoms with van der Waals surface area (Å²) in [5.74, 6) is 0.825. The molecule has 19 heavy (non-hydrogen) atoms. The first-order chi connectivity index (χ1) is 8.89. The van der Waals surface area contributed by atoms with Gasteiger partial charge in [-0.25, -0.2) is 4.98 Å². The van der Waals surface area contributed by atoms with E-state index in [2.05, 4.69) is 25.8 Å². The fraction of sp³-hybridized carbons (Fsp3) is 0.733. The summed E-state index contributed by atoms with van der Waals surface area (Å²) in [4.78, 5) is 18.5. The summed E-state index contributed by atoms with van der Waals surface area (Å²) >= 11 is 0. The van der Waals surface area contributed by atoms with Crippen LogP contribution < -0.4 is 0 Å². The van der Waals surface area contributed by atoms with E-state index in [0.717, 1.165) is 25.9 Å². The number of carbonyl (C=O) groups is 1. The summed E-state index contributed by atoms with van der Waals surface area (Å²) in [6, 6.07) is 0. The maximum Gasteiger partial charge on any atom is 0.272 e. The van der Waals surface area contributed by atoms with Gasteiger partial charge >= 0.3 is 0 Å². The minimum atomic E-state index is 0.120. The number of rotatable bonds is 1. The van der Waals surface area contributed by atoms with Gasteiger partial charge in [0.1, 0.15) is 5.69 Å². The van der Waals surface area contributed by atoms with Crippen LogP contribution in [0.3, 0.4) is 0 Å². The van der Waals surface area contributed by atoms with E-state index in [0.29, 0.717) is 17.0 Å². The highest BCUT2D eigenvalue weighted by Crippen LogP contribution is 2.34. The van der Waals surface area contributed by atoms with E-state index in [1.807, 2.05) is 11.9 Å². The van der Waals surface area contributed by atoms with Crippen LogP contribution in [0.1, 0.15) is 50.5 Å². The zero-order valence-electron chi connectivity index (χ0n) is 12.5. The van der Waals surface area contributed by atoms with Crippen molar-refractivity contribution in [3.05, 3.63) is 18.2 Å². The van der Waals surface area contributed by atoms with E-state index in [1.165, 1.54) is 6.42 Å². The largest absolute Gasteiger partial charge is 0.337 e. The molecule has 1 atom stereocenters. The van der Waals surface area contributed by atoms with Gasteiger partial charge in [-0.2, -0.15) is 0 Å². The molecule has 1 aliphatic rings. The van der Waals surface area contributed by atoms with Crippen molar-refractivity contribution in [1.82, 2.24) is 14.5 Å². The number of aryl methyl sites for hydroxylation is 1. The molecular weight excluding hydrogens is 238 g/mol. The second-order valence-electron chi connectivity index (χ2n) is 6.68. The summed E-state index contributed by atoms with van der Waals surface area (Å²) < 4.78 is 1.80. The van der Waals surface area contributed by atoms with Crippen molar-refractivity contribution in [2.75, 3.05) is 13.1 Å². The molecule has 1 amide bonds. The molecule has 0 radical (unpaired) electrons. The molecule has 1 aromatic rings. The van der Waals surface area contributed by atoms with Gasteiger partial charge in [0, 0.05) is 20.1 Å². The van der Waals surface area contributed by atoms with Crippen LogP contribution in [0, 0.1) is 11.3 Å². The number of aromatic nitrogens is 2. The quantitative estimate of drug-likeness (QED) is 0.781. The van der Waals surface area contributed by atoms with Crippen molar-refractivity contribution in [2.45, 2.75) is 40.0 Å². The lowest BCUT2D eigenvalue weighted by Crippen LogP contribution is -2.33. The number of carbonyl (C=O) groups excluding carboxylic acids is 1. The first-order valence-electron chi connectivity index (χ1n) is 7.15. The lowest BCUT2D eigenvalue weighted by molar-refractivity contribution is 0.0746. The Hall–Kier alpha value is -1.32. The minimum absolute atomic E-state index is 0.120. The topological polar surface area (TPSA) is 38.1 Å².